The van der Waals surface area contributed by atoms with Crippen LogP contribution in [0.2, 0.25) is 5.02 Å². The van der Waals surface area contributed by atoms with Crippen LogP contribution in [0.3, 0.4) is 0 Å². The van der Waals surface area contributed by atoms with E-state index < -0.39 is 0 Å². The maximum Gasteiger partial charge on any atom is 0.143 e. The van der Waals surface area contributed by atoms with Crippen LogP contribution in [0.15, 0.2) is 36.5 Å². The molecule has 84 valence electrons. The molecule has 5 heteroatoms. The van der Waals surface area contributed by atoms with Gasteiger partial charge in [-0.1, -0.05) is 35.1 Å². The second kappa shape index (κ2) is 3.98. The zero-order valence-corrected chi connectivity index (χ0v) is 10.3. The molecule has 1 aromatic carbocycles. The van der Waals surface area contributed by atoms with Gasteiger partial charge in [-0.3, -0.25) is 0 Å². The number of rotatable bonds is 1. The van der Waals surface area contributed by atoms with Gasteiger partial charge < -0.3 is 5.73 Å². The summed E-state index contributed by atoms with van der Waals surface area (Å²) in [5.74, 6) is 0. The molecule has 2 heterocycles. The van der Waals surface area contributed by atoms with E-state index in [9.17, 15) is 0 Å². The van der Waals surface area contributed by atoms with Crippen molar-refractivity contribution in [3.05, 3.63) is 41.6 Å². The third kappa shape index (κ3) is 1.97. The molecule has 0 aliphatic carbocycles. The summed E-state index contributed by atoms with van der Waals surface area (Å²) < 4.78 is 0. The van der Waals surface area contributed by atoms with Crippen LogP contribution in [0.1, 0.15) is 0 Å². The van der Waals surface area contributed by atoms with Crippen molar-refractivity contribution in [3.8, 4) is 10.6 Å². The highest BCUT2D eigenvalue weighted by Gasteiger charge is 2.07. The minimum absolute atomic E-state index is 0.599. The molecule has 0 atom stereocenters. The van der Waals surface area contributed by atoms with Gasteiger partial charge in [0.15, 0.2) is 0 Å². The minimum Gasteiger partial charge on any atom is -0.399 e. The van der Waals surface area contributed by atoms with E-state index in [1.807, 2.05) is 30.3 Å². The number of halogens is 1. The average Bonchev–Trinajstić information content (AvgIpc) is 2.72. The summed E-state index contributed by atoms with van der Waals surface area (Å²) >= 11 is 7.41. The molecule has 0 spiro atoms. The van der Waals surface area contributed by atoms with Crippen molar-refractivity contribution in [1.29, 1.82) is 0 Å². The molecule has 0 saturated heterocycles. The van der Waals surface area contributed by atoms with Crippen molar-refractivity contribution >= 4 is 39.0 Å². The van der Waals surface area contributed by atoms with Crippen molar-refractivity contribution in [2.75, 3.05) is 5.73 Å². The van der Waals surface area contributed by atoms with E-state index in [-0.39, 0.29) is 0 Å². The smallest absolute Gasteiger partial charge is 0.143 e. The maximum absolute atomic E-state index is 5.88. The van der Waals surface area contributed by atoms with Gasteiger partial charge in [-0.25, -0.2) is 9.97 Å². The third-order valence-corrected chi connectivity index (χ3v) is 3.58. The lowest BCUT2D eigenvalue weighted by molar-refractivity contribution is 1.40. The number of nitrogens with zero attached hydrogens (tertiary/aromatic N) is 2. The first-order chi connectivity index (χ1) is 8.22. The lowest BCUT2D eigenvalue weighted by Crippen LogP contribution is -1.84. The van der Waals surface area contributed by atoms with E-state index in [1.165, 1.54) is 11.3 Å². The molecule has 3 nitrogen and oxygen atoms in total. The van der Waals surface area contributed by atoms with Gasteiger partial charge in [0.1, 0.15) is 15.4 Å². The predicted molar refractivity (Wildman–Crippen MR) is 72.3 cm³/mol. The van der Waals surface area contributed by atoms with E-state index in [2.05, 4.69) is 9.97 Å². The Balaban J connectivity index is 2.18. The highest BCUT2D eigenvalue weighted by molar-refractivity contribution is 7.21. The van der Waals surface area contributed by atoms with Gasteiger partial charge in [0, 0.05) is 17.4 Å². The van der Waals surface area contributed by atoms with Crippen LogP contribution in [0, 0.1) is 0 Å². The van der Waals surface area contributed by atoms with Crippen LogP contribution in [-0.4, -0.2) is 9.97 Å². The van der Waals surface area contributed by atoms with Crippen LogP contribution >= 0.6 is 22.9 Å². The Morgan fingerprint density at radius 2 is 2.12 bits per heavy atom. The van der Waals surface area contributed by atoms with E-state index in [0.29, 0.717) is 5.02 Å². The molecule has 0 fully saturated rings. The van der Waals surface area contributed by atoms with Gasteiger partial charge in [-0.2, -0.15) is 0 Å². The van der Waals surface area contributed by atoms with E-state index in [1.54, 1.807) is 6.20 Å². The van der Waals surface area contributed by atoms with E-state index in [0.717, 1.165) is 26.6 Å². The number of nitrogen functional groups attached to an aromatic ring is 1. The third-order valence-electron chi connectivity index (χ3n) is 2.35. The van der Waals surface area contributed by atoms with E-state index in [4.69, 9.17) is 17.3 Å². The highest BCUT2D eigenvalue weighted by atomic mass is 35.5. The molecule has 0 radical (unpaired) electrons. The number of thiazole rings is 1. The molecule has 0 saturated carbocycles. The Hall–Kier alpha value is -1.65. The number of hydrogen-bond acceptors (Lipinski definition) is 4. The fourth-order valence-corrected chi connectivity index (χ4v) is 2.63. The summed E-state index contributed by atoms with van der Waals surface area (Å²) in [4.78, 5) is 9.62. The van der Waals surface area contributed by atoms with Crippen molar-refractivity contribution < 1.29 is 0 Å². The normalized spacial score (nSPS) is 10.9. The number of hydrogen-bond donors (Lipinski definition) is 1. The van der Waals surface area contributed by atoms with Crippen molar-refractivity contribution in [1.82, 2.24) is 9.97 Å². The monoisotopic (exact) mass is 261 g/mol. The summed E-state index contributed by atoms with van der Waals surface area (Å²) in [6.07, 6.45) is 1.63. The topological polar surface area (TPSA) is 51.8 Å². The standard InChI is InChI=1S/C12H8ClN3S/c13-8-5-10-12(15-6-8)17-11(16-10)7-2-1-3-9(14)4-7/h1-6H,14H2. The second-order valence-corrected chi connectivity index (χ2v) is 5.04. The first kappa shape index (κ1) is 10.5. The molecule has 0 bridgehead atoms. The van der Waals surface area contributed by atoms with Gasteiger partial charge in [0.2, 0.25) is 0 Å². The molecular weight excluding hydrogens is 254 g/mol. The fourth-order valence-electron chi connectivity index (χ4n) is 1.59. The molecule has 0 aliphatic heterocycles. The van der Waals surface area contributed by atoms with Crippen LogP contribution in [0.5, 0.6) is 0 Å². The molecule has 3 aromatic rings. The van der Waals surface area contributed by atoms with Crippen molar-refractivity contribution in [3.63, 3.8) is 0 Å². The molecule has 0 amide bonds. The predicted octanol–water partition coefficient (Wildman–Crippen LogP) is 3.59. The molecular formula is C12H8ClN3S. The largest absolute Gasteiger partial charge is 0.399 e. The summed E-state index contributed by atoms with van der Waals surface area (Å²) in [7, 11) is 0. The summed E-state index contributed by atoms with van der Waals surface area (Å²) in [5, 5.41) is 1.50. The van der Waals surface area contributed by atoms with Crippen molar-refractivity contribution in [2.24, 2.45) is 0 Å². The molecule has 3 rings (SSSR count). The Morgan fingerprint density at radius 1 is 1.24 bits per heavy atom. The Labute approximate surface area is 107 Å². The number of benzene rings is 1. The van der Waals surface area contributed by atoms with E-state index >= 15 is 0 Å². The summed E-state index contributed by atoms with van der Waals surface area (Å²) in [6.45, 7) is 0. The van der Waals surface area contributed by atoms with Crippen LogP contribution in [-0.2, 0) is 0 Å². The number of nitrogens with two attached hydrogens (primary N) is 1. The highest BCUT2D eigenvalue weighted by Crippen LogP contribution is 2.30. The first-order valence-electron chi connectivity index (χ1n) is 5.00. The van der Waals surface area contributed by atoms with Crippen LogP contribution in [0.25, 0.3) is 20.9 Å². The average molecular weight is 262 g/mol. The maximum atomic E-state index is 5.88. The Bertz CT molecular complexity index is 693. The lowest BCUT2D eigenvalue weighted by atomic mass is 10.2. The number of aromatic nitrogens is 2. The fraction of sp³-hybridized carbons (Fsp3) is 0. The Morgan fingerprint density at radius 3 is 2.94 bits per heavy atom. The number of anilines is 1. The molecule has 2 aromatic heterocycles. The first-order valence-corrected chi connectivity index (χ1v) is 6.20. The summed E-state index contributed by atoms with van der Waals surface area (Å²) in [6, 6.07) is 9.47. The van der Waals surface area contributed by atoms with Crippen LogP contribution < -0.4 is 5.73 Å². The zero-order valence-electron chi connectivity index (χ0n) is 8.72. The minimum atomic E-state index is 0.599. The lowest BCUT2D eigenvalue weighted by Gasteiger charge is -1.96. The van der Waals surface area contributed by atoms with Crippen LogP contribution in [0.4, 0.5) is 5.69 Å². The number of pyridine rings is 1. The quantitative estimate of drug-likeness (QED) is 0.681. The van der Waals surface area contributed by atoms with Gasteiger partial charge in [-0.15, -0.1) is 0 Å². The van der Waals surface area contributed by atoms with Gasteiger partial charge in [0.25, 0.3) is 0 Å². The van der Waals surface area contributed by atoms with Crippen molar-refractivity contribution in [2.45, 2.75) is 0 Å². The van der Waals surface area contributed by atoms with Gasteiger partial charge >= 0.3 is 0 Å². The van der Waals surface area contributed by atoms with Gasteiger partial charge in [-0.05, 0) is 18.2 Å². The molecule has 0 unspecified atom stereocenters. The summed E-state index contributed by atoms with van der Waals surface area (Å²) in [5.41, 5.74) is 8.31. The van der Waals surface area contributed by atoms with Gasteiger partial charge in [0.05, 0.1) is 5.02 Å². The zero-order chi connectivity index (χ0) is 11.8. The molecule has 17 heavy (non-hydrogen) atoms. The molecule has 0 aliphatic rings. The number of fused-ring (bicyclic) bond motifs is 1. The SMILES string of the molecule is Nc1cccc(-c2nc3cc(Cl)cnc3s2)c1. The Kier molecular flexibility index (Phi) is 2.46. The second-order valence-electron chi connectivity index (χ2n) is 3.62. The molecule has 2 N–H and O–H groups in total.